The largest absolute Gasteiger partial charge is 0.396 e. The number of carbonyl (C=O) groups excluding carboxylic acids is 1. The predicted molar refractivity (Wildman–Crippen MR) is 108 cm³/mol. The lowest BCUT2D eigenvalue weighted by atomic mass is 9.70. The molecule has 1 N–H and O–H groups in total. The highest BCUT2D eigenvalue weighted by molar-refractivity contribution is 5.77. The van der Waals surface area contributed by atoms with Gasteiger partial charge in [0.05, 0.1) is 0 Å². The molecule has 1 aromatic rings. The second kappa shape index (κ2) is 8.87. The first-order valence-electron chi connectivity index (χ1n) is 10.2. The van der Waals surface area contributed by atoms with Crippen LogP contribution in [0.1, 0.15) is 33.6 Å². The summed E-state index contributed by atoms with van der Waals surface area (Å²) in [4.78, 5) is 21.6. The van der Waals surface area contributed by atoms with Crippen LogP contribution in [-0.2, 0) is 4.79 Å². The number of anilines is 1. The minimum atomic E-state index is 0.205. The number of hydrogen-bond acceptors (Lipinski definition) is 4. The van der Waals surface area contributed by atoms with Crippen molar-refractivity contribution >= 4 is 11.7 Å². The van der Waals surface area contributed by atoms with E-state index in [4.69, 9.17) is 0 Å². The third-order valence-corrected chi connectivity index (χ3v) is 6.32. The van der Waals surface area contributed by atoms with Crippen LogP contribution in [0.2, 0.25) is 0 Å². The Bertz CT molecular complexity index is 651. The summed E-state index contributed by atoms with van der Waals surface area (Å²) in [6.07, 6.45) is 5.62. The molecule has 0 saturated carbocycles. The SMILES string of the molecule is CC1=CC(CO)C(C(C)C)CC1CC(=O)N1CCN(c2ccccn2)CC1. The first-order chi connectivity index (χ1) is 13.0. The summed E-state index contributed by atoms with van der Waals surface area (Å²) in [5.74, 6) is 2.77. The molecule has 2 heterocycles. The molecule has 2 aliphatic rings. The number of nitrogens with zero attached hydrogens (tertiary/aromatic N) is 3. The highest BCUT2D eigenvalue weighted by Crippen LogP contribution is 2.39. The van der Waals surface area contributed by atoms with Crippen molar-refractivity contribution in [1.29, 1.82) is 0 Å². The topological polar surface area (TPSA) is 56.7 Å². The lowest BCUT2D eigenvalue weighted by Crippen LogP contribution is -2.49. The molecule has 5 heteroatoms. The van der Waals surface area contributed by atoms with E-state index in [2.05, 4.69) is 36.7 Å². The Morgan fingerprint density at radius 3 is 2.59 bits per heavy atom. The van der Waals surface area contributed by atoms with Crippen LogP contribution in [0.4, 0.5) is 5.82 Å². The van der Waals surface area contributed by atoms with Crippen LogP contribution in [-0.4, -0.2) is 53.7 Å². The maximum Gasteiger partial charge on any atom is 0.223 e. The van der Waals surface area contributed by atoms with Crippen molar-refractivity contribution in [3.8, 4) is 0 Å². The van der Waals surface area contributed by atoms with Gasteiger partial charge in [0.25, 0.3) is 0 Å². The summed E-state index contributed by atoms with van der Waals surface area (Å²) in [6.45, 7) is 9.96. The van der Waals surface area contributed by atoms with Gasteiger partial charge in [0.15, 0.2) is 0 Å². The number of pyridine rings is 1. The van der Waals surface area contributed by atoms with Crippen LogP contribution in [0, 0.1) is 23.7 Å². The zero-order valence-corrected chi connectivity index (χ0v) is 16.8. The molecule has 1 fully saturated rings. The molecule has 0 aromatic carbocycles. The van der Waals surface area contributed by atoms with E-state index < -0.39 is 0 Å². The number of rotatable bonds is 5. The van der Waals surface area contributed by atoms with Crippen LogP contribution in [0.3, 0.4) is 0 Å². The number of allylic oxidation sites excluding steroid dienone is 1. The molecule has 3 atom stereocenters. The van der Waals surface area contributed by atoms with E-state index in [1.807, 2.05) is 29.3 Å². The molecule has 1 aromatic heterocycles. The van der Waals surface area contributed by atoms with E-state index in [9.17, 15) is 9.90 Å². The second-order valence-corrected chi connectivity index (χ2v) is 8.36. The smallest absolute Gasteiger partial charge is 0.223 e. The molecule has 1 aliphatic carbocycles. The van der Waals surface area contributed by atoms with Crippen LogP contribution in [0.5, 0.6) is 0 Å². The number of amides is 1. The van der Waals surface area contributed by atoms with Crippen molar-refractivity contribution in [3.05, 3.63) is 36.0 Å². The number of hydrogen-bond donors (Lipinski definition) is 1. The molecule has 5 nitrogen and oxygen atoms in total. The molecule has 0 radical (unpaired) electrons. The summed E-state index contributed by atoms with van der Waals surface area (Å²) in [6, 6.07) is 5.95. The maximum atomic E-state index is 12.9. The summed E-state index contributed by atoms with van der Waals surface area (Å²) >= 11 is 0. The Balaban J connectivity index is 1.56. The van der Waals surface area contributed by atoms with Gasteiger partial charge in [-0.3, -0.25) is 4.79 Å². The Morgan fingerprint density at radius 1 is 1.26 bits per heavy atom. The minimum Gasteiger partial charge on any atom is -0.396 e. The zero-order valence-electron chi connectivity index (χ0n) is 16.8. The molecular weight excluding hydrogens is 338 g/mol. The molecular formula is C22H33N3O2. The molecule has 1 aliphatic heterocycles. The fourth-order valence-corrected chi connectivity index (χ4v) is 4.55. The number of piperazine rings is 1. The Labute approximate surface area is 163 Å². The molecule has 1 saturated heterocycles. The molecule has 27 heavy (non-hydrogen) atoms. The van der Waals surface area contributed by atoms with Gasteiger partial charge in [0, 0.05) is 51.3 Å². The van der Waals surface area contributed by atoms with E-state index in [1.54, 1.807) is 0 Å². The van der Waals surface area contributed by atoms with Gasteiger partial charge in [-0.2, -0.15) is 0 Å². The van der Waals surface area contributed by atoms with Gasteiger partial charge in [-0.05, 0) is 43.2 Å². The quantitative estimate of drug-likeness (QED) is 0.809. The van der Waals surface area contributed by atoms with Crippen molar-refractivity contribution in [2.75, 3.05) is 37.7 Å². The van der Waals surface area contributed by atoms with Gasteiger partial charge in [-0.15, -0.1) is 0 Å². The first-order valence-corrected chi connectivity index (χ1v) is 10.2. The van der Waals surface area contributed by atoms with Crippen LogP contribution in [0.25, 0.3) is 0 Å². The molecule has 3 unspecified atom stereocenters. The van der Waals surface area contributed by atoms with Crippen LogP contribution >= 0.6 is 0 Å². The number of aliphatic hydroxyl groups is 1. The fraction of sp³-hybridized carbons (Fsp3) is 0.636. The monoisotopic (exact) mass is 371 g/mol. The van der Waals surface area contributed by atoms with Crippen molar-refractivity contribution in [2.45, 2.75) is 33.6 Å². The van der Waals surface area contributed by atoms with E-state index in [0.29, 0.717) is 24.2 Å². The third kappa shape index (κ3) is 4.70. The van der Waals surface area contributed by atoms with Crippen LogP contribution < -0.4 is 4.90 Å². The minimum absolute atomic E-state index is 0.205. The average Bonchev–Trinajstić information content (AvgIpc) is 2.69. The highest BCUT2D eigenvalue weighted by atomic mass is 16.3. The zero-order chi connectivity index (χ0) is 19.4. The Morgan fingerprint density at radius 2 is 2.00 bits per heavy atom. The van der Waals surface area contributed by atoms with E-state index in [1.165, 1.54) is 5.57 Å². The van der Waals surface area contributed by atoms with Gasteiger partial charge < -0.3 is 14.9 Å². The molecule has 0 spiro atoms. The van der Waals surface area contributed by atoms with E-state index in [-0.39, 0.29) is 18.4 Å². The van der Waals surface area contributed by atoms with Crippen LogP contribution in [0.15, 0.2) is 36.0 Å². The van der Waals surface area contributed by atoms with Crippen molar-refractivity contribution in [3.63, 3.8) is 0 Å². The first kappa shape index (κ1) is 19.9. The maximum absolute atomic E-state index is 12.9. The van der Waals surface area contributed by atoms with Crippen molar-refractivity contribution in [2.24, 2.45) is 23.7 Å². The molecule has 1 amide bonds. The van der Waals surface area contributed by atoms with Crippen molar-refractivity contribution < 1.29 is 9.90 Å². The predicted octanol–water partition coefficient (Wildman–Crippen LogP) is 2.97. The summed E-state index contributed by atoms with van der Waals surface area (Å²) < 4.78 is 0. The Hall–Kier alpha value is -1.88. The lowest BCUT2D eigenvalue weighted by molar-refractivity contribution is -0.132. The lowest BCUT2D eigenvalue weighted by Gasteiger charge is -2.38. The fourth-order valence-electron chi connectivity index (χ4n) is 4.55. The van der Waals surface area contributed by atoms with Gasteiger partial charge in [0.1, 0.15) is 5.82 Å². The number of aliphatic hydroxyl groups excluding tert-OH is 1. The third-order valence-electron chi connectivity index (χ3n) is 6.32. The number of aromatic nitrogens is 1. The normalized spacial score (nSPS) is 26.3. The van der Waals surface area contributed by atoms with Gasteiger partial charge in [-0.25, -0.2) is 4.98 Å². The van der Waals surface area contributed by atoms with Crippen molar-refractivity contribution in [1.82, 2.24) is 9.88 Å². The summed E-state index contributed by atoms with van der Waals surface area (Å²) in [5.41, 5.74) is 1.27. The number of carbonyl (C=O) groups is 1. The molecule has 0 bridgehead atoms. The Kier molecular flexibility index (Phi) is 6.53. The van der Waals surface area contributed by atoms with Gasteiger partial charge in [-0.1, -0.05) is 31.6 Å². The van der Waals surface area contributed by atoms with E-state index in [0.717, 1.165) is 38.4 Å². The standard InChI is InChI=1S/C22H33N3O2/c1-16(2)20-13-18(17(3)12-19(20)15-26)14-22(27)25-10-8-24(9-11-25)21-6-4-5-7-23-21/h4-7,12,16,18-20,26H,8-11,13-15H2,1-3H3. The summed E-state index contributed by atoms with van der Waals surface area (Å²) in [5, 5.41) is 9.69. The molecule has 148 valence electrons. The summed E-state index contributed by atoms with van der Waals surface area (Å²) in [7, 11) is 0. The molecule has 3 rings (SSSR count). The highest BCUT2D eigenvalue weighted by Gasteiger charge is 2.33. The second-order valence-electron chi connectivity index (χ2n) is 8.36. The van der Waals surface area contributed by atoms with Gasteiger partial charge in [0.2, 0.25) is 5.91 Å². The average molecular weight is 372 g/mol. The van der Waals surface area contributed by atoms with E-state index >= 15 is 0 Å². The van der Waals surface area contributed by atoms with Gasteiger partial charge >= 0.3 is 0 Å².